The Morgan fingerprint density at radius 2 is 2.45 bits per heavy atom. The molecule has 0 saturated heterocycles. The van der Waals surface area contributed by atoms with Crippen molar-refractivity contribution in [3.8, 4) is 0 Å². The van der Waals surface area contributed by atoms with Crippen molar-refractivity contribution < 1.29 is 4.79 Å². The van der Waals surface area contributed by atoms with Gasteiger partial charge in [-0.05, 0) is 0 Å². The highest BCUT2D eigenvalue weighted by Gasteiger charge is 2.21. The minimum absolute atomic E-state index is 0.0706. The van der Waals surface area contributed by atoms with Crippen LogP contribution in [-0.4, -0.2) is 27.4 Å². The zero-order valence-electron chi connectivity index (χ0n) is 6.16. The Hall–Kier alpha value is -1.39. The number of nitrogens with one attached hydrogen (secondary N) is 1. The average molecular weight is 152 g/mol. The van der Waals surface area contributed by atoms with Crippen molar-refractivity contribution in [2.24, 2.45) is 7.05 Å². The number of aromatic nitrogens is 3. The zero-order valence-corrected chi connectivity index (χ0v) is 6.16. The highest BCUT2D eigenvalue weighted by atomic mass is 16.2. The van der Waals surface area contributed by atoms with Gasteiger partial charge in [-0.3, -0.25) is 4.79 Å². The molecule has 0 unspecified atom stereocenters. The van der Waals surface area contributed by atoms with E-state index in [1.807, 2.05) is 0 Å². The standard InChI is InChI=1S/C6H8N4O/c1-10-5-4(8-9-10)2-3-7-6(5)11/h2-3H2,1H3,(H,7,11). The first kappa shape index (κ1) is 6.33. The van der Waals surface area contributed by atoms with Gasteiger partial charge in [-0.1, -0.05) is 5.21 Å². The number of rotatable bonds is 0. The predicted molar refractivity (Wildman–Crippen MR) is 37.0 cm³/mol. The third kappa shape index (κ3) is 0.806. The molecule has 2 rings (SSSR count). The molecule has 1 aliphatic rings. The summed E-state index contributed by atoms with van der Waals surface area (Å²) in [6.45, 7) is 0.671. The van der Waals surface area contributed by atoms with Crippen molar-refractivity contribution in [1.82, 2.24) is 20.3 Å². The van der Waals surface area contributed by atoms with E-state index in [0.29, 0.717) is 12.2 Å². The normalized spacial score (nSPS) is 15.9. The SMILES string of the molecule is Cn1nnc2c1C(=O)NCC2. The van der Waals surface area contributed by atoms with Gasteiger partial charge < -0.3 is 5.32 Å². The van der Waals surface area contributed by atoms with Gasteiger partial charge >= 0.3 is 0 Å². The Balaban J connectivity index is 2.56. The Morgan fingerprint density at radius 1 is 1.64 bits per heavy atom. The van der Waals surface area contributed by atoms with Crippen molar-refractivity contribution in [3.05, 3.63) is 11.4 Å². The summed E-state index contributed by atoms with van der Waals surface area (Å²) in [6, 6.07) is 0. The van der Waals surface area contributed by atoms with E-state index in [0.717, 1.165) is 12.1 Å². The summed E-state index contributed by atoms with van der Waals surface area (Å²) in [4.78, 5) is 11.2. The van der Waals surface area contributed by atoms with Gasteiger partial charge in [0, 0.05) is 20.0 Å². The van der Waals surface area contributed by atoms with E-state index in [-0.39, 0.29) is 5.91 Å². The molecule has 11 heavy (non-hydrogen) atoms. The van der Waals surface area contributed by atoms with Crippen LogP contribution in [0.25, 0.3) is 0 Å². The predicted octanol–water partition coefficient (Wildman–Crippen LogP) is -0.899. The molecular weight excluding hydrogens is 144 g/mol. The van der Waals surface area contributed by atoms with Crippen LogP contribution in [0.4, 0.5) is 0 Å². The molecule has 1 aromatic rings. The van der Waals surface area contributed by atoms with Crippen molar-refractivity contribution in [2.45, 2.75) is 6.42 Å². The fourth-order valence-corrected chi connectivity index (χ4v) is 1.22. The molecule has 0 bridgehead atoms. The monoisotopic (exact) mass is 152 g/mol. The van der Waals surface area contributed by atoms with Crippen LogP contribution < -0.4 is 5.32 Å². The number of nitrogens with zero attached hydrogens (tertiary/aromatic N) is 3. The maximum Gasteiger partial charge on any atom is 0.271 e. The second-order valence-corrected chi connectivity index (χ2v) is 2.51. The topological polar surface area (TPSA) is 59.8 Å². The van der Waals surface area contributed by atoms with Gasteiger partial charge in [0.2, 0.25) is 0 Å². The van der Waals surface area contributed by atoms with E-state index in [1.165, 1.54) is 4.68 Å². The summed E-state index contributed by atoms with van der Waals surface area (Å²) in [5.74, 6) is -0.0706. The highest BCUT2D eigenvalue weighted by molar-refractivity contribution is 5.94. The summed E-state index contributed by atoms with van der Waals surface area (Å²) in [7, 11) is 1.72. The fourth-order valence-electron chi connectivity index (χ4n) is 1.22. The van der Waals surface area contributed by atoms with Crippen LogP contribution in [0.3, 0.4) is 0 Å². The van der Waals surface area contributed by atoms with E-state index in [9.17, 15) is 4.79 Å². The van der Waals surface area contributed by atoms with Gasteiger partial charge in [-0.25, -0.2) is 4.68 Å². The Kier molecular flexibility index (Phi) is 1.18. The minimum atomic E-state index is -0.0706. The second kappa shape index (κ2) is 2.05. The lowest BCUT2D eigenvalue weighted by Crippen LogP contribution is -2.33. The quantitative estimate of drug-likeness (QED) is 0.524. The molecule has 1 N–H and O–H groups in total. The number of carbonyl (C=O) groups is 1. The van der Waals surface area contributed by atoms with E-state index in [1.54, 1.807) is 7.05 Å². The van der Waals surface area contributed by atoms with Crippen LogP contribution in [0, 0.1) is 0 Å². The number of carbonyl (C=O) groups excluding carboxylic acids is 1. The van der Waals surface area contributed by atoms with E-state index >= 15 is 0 Å². The molecule has 5 heteroatoms. The first-order chi connectivity index (χ1) is 5.29. The van der Waals surface area contributed by atoms with Crippen molar-refractivity contribution in [3.63, 3.8) is 0 Å². The van der Waals surface area contributed by atoms with Crippen LogP contribution in [0.5, 0.6) is 0 Å². The molecule has 1 amide bonds. The molecular formula is C6H8N4O. The summed E-state index contributed by atoms with van der Waals surface area (Å²) < 4.78 is 1.50. The number of hydrogen-bond acceptors (Lipinski definition) is 3. The number of fused-ring (bicyclic) bond motifs is 1. The summed E-state index contributed by atoms with van der Waals surface area (Å²) in [5, 5.41) is 10.3. The second-order valence-electron chi connectivity index (χ2n) is 2.51. The lowest BCUT2D eigenvalue weighted by atomic mass is 10.2. The van der Waals surface area contributed by atoms with Crippen LogP contribution >= 0.6 is 0 Å². The first-order valence-corrected chi connectivity index (χ1v) is 3.46. The van der Waals surface area contributed by atoms with Gasteiger partial charge in [0.25, 0.3) is 5.91 Å². The van der Waals surface area contributed by atoms with E-state index < -0.39 is 0 Å². The third-order valence-corrected chi connectivity index (χ3v) is 1.76. The first-order valence-electron chi connectivity index (χ1n) is 3.46. The van der Waals surface area contributed by atoms with Crippen LogP contribution in [0.1, 0.15) is 16.2 Å². The number of aryl methyl sites for hydroxylation is 1. The van der Waals surface area contributed by atoms with Crippen molar-refractivity contribution >= 4 is 5.91 Å². The van der Waals surface area contributed by atoms with Gasteiger partial charge in [0.1, 0.15) is 5.69 Å². The van der Waals surface area contributed by atoms with Crippen molar-refractivity contribution in [2.75, 3.05) is 6.54 Å². The van der Waals surface area contributed by atoms with Crippen LogP contribution in [-0.2, 0) is 13.5 Å². The molecule has 58 valence electrons. The summed E-state index contributed by atoms with van der Waals surface area (Å²) >= 11 is 0. The van der Waals surface area contributed by atoms with Crippen LogP contribution in [0.2, 0.25) is 0 Å². The van der Waals surface area contributed by atoms with Gasteiger partial charge in [-0.2, -0.15) is 0 Å². The van der Waals surface area contributed by atoms with E-state index in [2.05, 4.69) is 15.6 Å². The molecule has 0 aliphatic carbocycles. The molecule has 1 aliphatic heterocycles. The summed E-state index contributed by atoms with van der Waals surface area (Å²) in [6.07, 6.45) is 0.787. The Bertz CT molecular complexity index is 304. The van der Waals surface area contributed by atoms with Gasteiger partial charge in [-0.15, -0.1) is 5.10 Å². The van der Waals surface area contributed by atoms with Crippen molar-refractivity contribution in [1.29, 1.82) is 0 Å². The summed E-state index contributed by atoms with van der Waals surface area (Å²) in [5.41, 5.74) is 1.40. The average Bonchev–Trinajstić information content (AvgIpc) is 2.34. The molecule has 1 aromatic heterocycles. The molecule has 0 aromatic carbocycles. The smallest absolute Gasteiger partial charge is 0.271 e. The van der Waals surface area contributed by atoms with Crippen LogP contribution in [0.15, 0.2) is 0 Å². The van der Waals surface area contributed by atoms with E-state index in [4.69, 9.17) is 0 Å². The Morgan fingerprint density at radius 3 is 3.18 bits per heavy atom. The minimum Gasteiger partial charge on any atom is -0.350 e. The lowest BCUT2D eigenvalue weighted by molar-refractivity contribution is 0.0936. The largest absolute Gasteiger partial charge is 0.350 e. The maximum atomic E-state index is 11.2. The molecule has 2 heterocycles. The molecule has 0 atom stereocenters. The molecule has 0 radical (unpaired) electrons. The number of hydrogen-bond donors (Lipinski definition) is 1. The third-order valence-electron chi connectivity index (χ3n) is 1.76. The molecule has 0 spiro atoms. The zero-order chi connectivity index (χ0) is 7.84. The fraction of sp³-hybridized carbons (Fsp3) is 0.500. The molecule has 5 nitrogen and oxygen atoms in total. The lowest BCUT2D eigenvalue weighted by Gasteiger charge is -2.10. The molecule has 0 fully saturated rings. The molecule has 0 saturated carbocycles. The number of amides is 1. The Labute approximate surface area is 63.4 Å². The maximum absolute atomic E-state index is 11.2. The van der Waals surface area contributed by atoms with Gasteiger partial charge in [0.05, 0.1) is 5.69 Å². The van der Waals surface area contributed by atoms with Gasteiger partial charge in [0.15, 0.2) is 0 Å². The highest BCUT2D eigenvalue weighted by Crippen LogP contribution is 2.07.